The molecule has 0 aliphatic carbocycles. The Morgan fingerprint density at radius 1 is 1.13 bits per heavy atom. The number of hydrogen-bond acceptors (Lipinski definition) is 7. The van der Waals surface area contributed by atoms with Gasteiger partial charge in [0.1, 0.15) is 11.6 Å². The molecule has 1 aromatic heterocycles. The van der Waals surface area contributed by atoms with Crippen molar-refractivity contribution in [1.82, 2.24) is 15.3 Å². The zero-order valence-electron chi connectivity index (χ0n) is 16.5. The summed E-state index contributed by atoms with van der Waals surface area (Å²) in [5, 5.41) is 17.6. The monoisotopic (exact) mass is 464 g/mol. The maximum absolute atomic E-state index is 10.6. The SMILES string of the molecule is CCN(CC)c1ccnc(C2COCCN2)n1.O=C(O)C(F)(F)F.O=C(O)C(F)(F)F. The largest absolute Gasteiger partial charge is 0.490 e. The van der Waals surface area contributed by atoms with Crippen LogP contribution in [0.4, 0.5) is 32.2 Å². The number of morpholine rings is 1. The lowest BCUT2D eigenvalue weighted by Crippen LogP contribution is -2.36. The molecule has 0 radical (unpaired) electrons. The van der Waals surface area contributed by atoms with Crippen molar-refractivity contribution in [3.05, 3.63) is 18.1 Å². The molecule has 1 atom stereocenters. The molecule has 0 bridgehead atoms. The van der Waals surface area contributed by atoms with E-state index in [1.54, 1.807) is 0 Å². The second-order valence-electron chi connectivity index (χ2n) is 5.63. The molecule has 1 aliphatic heterocycles. The van der Waals surface area contributed by atoms with E-state index in [4.69, 9.17) is 24.5 Å². The molecule has 178 valence electrons. The zero-order valence-corrected chi connectivity index (χ0v) is 16.5. The molecule has 31 heavy (non-hydrogen) atoms. The predicted molar refractivity (Wildman–Crippen MR) is 94.5 cm³/mol. The third-order valence-electron chi connectivity index (χ3n) is 3.47. The first-order valence-electron chi connectivity index (χ1n) is 8.73. The number of rotatable bonds is 4. The number of carbonyl (C=O) groups is 2. The van der Waals surface area contributed by atoms with Crippen molar-refractivity contribution >= 4 is 17.8 Å². The number of carboxylic acids is 2. The van der Waals surface area contributed by atoms with E-state index in [1.807, 2.05) is 12.3 Å². The Kier molecular flexibility index (Phi) is 11.8. The normalized spacial score (nSPS) is 16.2. The first-order valence-corrected chi connectivity index (χ1v) is 8.73. The van der Waals surface area contributed by atoms with E-state index in [0.29, 0.717) is 6.61 Å². The van der Waals surface area contributed by atoms with Gasteiger partial charge in [0.2, 0.25) is 0 Å². The van der Waals surface area contributed by atoms with Crippen LogP contribution < -0.4 is 10.2 Å². The Balaban J connectivity index is 0.000000536. The highest BCUT2D eigenvalue weighted by atomic mass is 19.4. The lowest BCUT2D eigenvalue weighted by molar-refractivity contribution is -0.193. The van der Waals surface area contributed by atoms with Gasteiger partial charge in [0.25, 0.3) is 0 Å². The Bertz CT molecular complexity index is 668. The fourth-order valence-electron chi connectivity index (χ4n) is 1.99. The average molecular weight is 464 g/mol. The van der Waals surface area contributed by atoms with Gasteiger partial charge < -0.3 is 25.2 Å². The molecule has 1 aliphatic rings. The number of anilines is 1. The van der Waals surface area contributed by atoms with Gasteiger partial charge in [0.15, 0.2) is 0 Å². The van der Waals surface area contributed by atoms with Crippen LogP contribution in [0.3, 0.4) is 0 Å². The molecular weight excluding hydrogens is 442 g/mol. The number of halogens is 6. The molecule has 0 aromatic carbocycles. The van der Waals surface area contributed by atoms with Crippen LogP contribution in [0.1, 0.15) is 25.7 Å². The van der Waals surface area contributed by atoms with Crippen LogP contribution in [0, 0.1) is 0 Å². The van der Waals surface area contributed by atoms with Crippen molar-refractivity contribution in [3.8, 4) is 0 Å². The fourth-order valence-corrected chi connectivity index (χ4v) is 1.99. The van der Waals surface area contributed by atoms with Gasteiger partial charge in [-0.15, -0.1) is 0 Å². The first-order chi connectivity index (χ1) is 14.2. The second kappa shape index (κ2) is 12.9. The van der Waals surface area contributed by atoms with Gasteiger partial charge in [-0.2, -0.15) is 26.3 Å². The third-order valence-corrected chi connectivity index (χ3v) is 3.47. The molecule has 1 fully saturated rings. The van der Waals surface area contributed by atoms with Gasteiger partial charge in [-0.1, -0.05) is 0 Å². The molecule has 1 unspecified atom stereocenters. The van der Waals surface area contributed by atoms with Gasteiger partial charge in [0.05, 0.1) is 19.3 Å². The minimum Gasteiger partial charge on any atom is -0.475 e. The quantitative estimate of drug-likeness (QED) is 0.576. The Labute approximate surface area is 173 Å². The van der Waals surface area contributed by atoms with E-state index in [1.165, 1.54) is 0 Å². The van der Waals surface area contributed by atoms with Gasteiger partial charge in [-0.3, -0.25) is 0 Å². The van der Waals surface area contributed by atoms with Crippen LogP contribution in [0.2, 0.25) is 0 Å². The number of ether oxygens (including phenoxy) is 1. The number of nitrogens with one attached hydrogen (secondary N) is 1. The summed E-state index contributed by atoms with van der Waals surface area (Å²) in [6.07, 6.45) is -8.34. The highest BCUT2D eigenvalue weighted by Crippen LogP contribution is 2.16. The third kappa shape index (κ3) is 11.3. The van der Waals surface area contributed by atoms with E-state index in [0.717, 1.165) is 37.9 Å². The predicted octanol–water partition coefficient (Wildman–Crippen LogP) is 2.25. The van der Waals surface area contributed by atoms with Gasteiger partial charge in [-0.25, -0.2) is 19.6 Å². The van der Waals surface area contributed by atoms with Crippen LogP contribution in [0.15, 0.2) is 12.3 Å². The molecule has 3 N–H and O–H groups in total. The summed E-state index contributed by atoms with van der Waals surface area (Å²) >= 11 is 0. The van der Waals surface area contributed by atoms with Crippen molar-refractivity contribution < 1.29 is 50.9 Å². The molecule has 0 spiro atoms. The average Bonchev–Trinajstić information content (AvgIpc) is 2.69. The second-order valence-corrected chi connectivity index (χ2v) is 5.63. The van der Waals surface area contributed by atoms with Crippen LogP contribution in [-0.4, -0.2) is 77.3 Å². The smallest absolute Gasteiger partial charge is 0.475 e. The lowest BCUT2D eigenvalue weighted by atomic mass is 10.2. The maximum atomic E-state index is 10.6. The summed E-state index contributed by atoms with van der Waals surface area (Å²) in [6.45, 7) is 8.47. The Morgan fingerprint density at radius 2 is 1.61 bits per heavy atom. The van der Waals surface area contributed by atoms with Crippen molar-refractivity contribution in [2.24, 2.45) is 0 Å². The molecule has 9 nitrogen and oxygen atoms in total. The Morgan fingerprint density at radius 3 is 1.97 bits per heavy atom. The first kappa shape index (κ1) is 28.3. The standard InChI is InChI=1S/C12H20N4O.2C2HF3O2/c1-3-16(4-2)11-5-6-14-12(15-11)10-9-17-8-7-13-10;2*3-2(4,5)1(6)7/h5-6,10,13H,3-4,7-9H2,1-2H3;2*(H,6,7). The summed E-state index contributed by atoms with van der Waals surface area (Å²) in [5.41, 5.74) is 0. The van der Waals surface area contributed by atoms with E-state index in [2.05, 4.69) is 34.0 Å². The molecular formula is C16H22F6N4O5. The summed E-state index contributed by atoms with van der Waals surface area (Å²) in [5.74, 6) is -3.69. The highest BCUT2D eigenvalue weighted by molar-refractivity contribution is 5.73. The highest BCUT2D eigenvalue weighted by Gasteiger charge is 2.38. The van der Waals surface area contributed by atoms with E-state index >= 15 is 0 Å². The lowest BCUT2D eigenvalue weighted by Gasteiger charge is -2.24. The van der Waals surface area contributed by atoms with Gasteiger partial charge in [-0.05, 0) is 19.9 Å². The van der Waals surface area contributed by atoms with Crippen molar-refractivity contribution in [2.75, 3.05) is 37.7 Å². The van der Waals surface area contributed by atoms with E-state index in [-0.39, 0.29) is 6.04 Å². The van der Waals surface area contributed by atoms with E-state index in [9.17, 15) is 26.3 Å². The summed E-state index contributed by atoms with van der Waals surface area (Å²) in [7, 11) is 0. The van der Waals surface area contributed by atoms with E-state index < -0.39 is 24.3 Å². The molecule has 15 heteroatoms. The molecule has 1 saturated heterocycles. The van der Waals surface area contributed by atoms with Crippen molar-refractivity contribution in [2.45, 2.75) is 32.2 Å². The van der Waals surface area contributed by atoms with Crippen LogP contribution in [-0.2, 0) is 14.3 Å². The molecule has 2 heterocycles. The number of alkyl halides is 6. The van der Waals surface area contributed by atoms with Crippen LogP contribution in [0.5, 0.6) is 0 Å². The molecule has 0 amide bonds. The topological polar surface area (TPSA) is 125 Å². The number of aromatic nitrogens is 2. The summed E-state index contributed by atoms with van der Waals surface area (Å²) < 4.78 is 68.9. The van der Waals surface area contributed by atoms with Crippen molar-refractivity contribution in [3.63, 3.8) is 0 Å². The summed E-state index contributed by atoms with van der Waals surface area (Å²) in [6, 6.07) is 2.08. The Hall–Kier alpha value is -2.68. The summed E-state index contributed by atoms with van der Waals surface area (Å²) in [4.78, 5) is 29.0. The van der Waals surface area contributed by atoms with Gasteiger partial charge in [0, 0.05) is 25.8 Å². The van der Waals surface area contributed by atoms with Crippen molar-refractivity contribution in [1.29, 1.82) is 0 Å². The number of hydrogen-bond donors (Lipinski definition) is 3. The molecule has 0 saturated carbocycles. The van der Waals surface area contributed by atoms with Gasteiger partial charge >= 0.3 is 24.3 Å². The van der Waals surface area contributed by atoms with Crippen LogP contribution in [0.25, 0.3) is 0 Å². The number of nitrogens with zero attached hydrogens (tertiary/aromatic N) is 3. The number of aliphatic carboxylic acids is 2. The molecule has 1 aromatic rings. The van der Waals surface area contributed by atoms with Crippen LogP contribution >= 0.6 is 0 Å². The molecule has 2 rings (SSSR count). The number of carboxylic acid groups (broad SMARTS) is 2. The fraction of sp³-hybridized carbons (Fsp3) is 0.625. The minimum atomic E-state index is -5.08. The zero-order chi connectivity index (χ0) is 24.2. The maximum Gasteiger partial charge on any atom is 0.490 e. The minimum absolute atomic E-state index is 0.124.